The van der Waals surface area contributed by atoms with Gasteiger partial charge in [-0.05, 0) is 49.5 Å². The zero-order valence-corrected chi connectivity index (χ0v) is 18.4. The first kappa shape index (κ1) is 22.7. The Morgan fingerprint density at radius 2 is 1.61 bits per heavy atom. The summed E-state index contributed by atoms with van der Waals surface area (Å²) in [6.07, 6.45) is 0. The summed E-state index contributed by atoms with van der Waals surface area (Å²) in [6.45, 7) is 2.06. The van der Waals surface area contributed by atoms with E-state index in [2.05, 4.69) is 15.0 Å². The molecule has 1 amide bonds. The van der Waals surface area contributed by atoms with Gasteiger partial charge in [-0.15, -0.1) is 0 Å². The predicted molar refractivity (Wildman–Crippen MR) is 115 cm³/mol. The largest absolute Gasteiger partial charge is 0.496 e. The van der Waals surface area contributed by atoms with Crippen LogP contribution in [0.15, 0.2) is 47.4 Å². The van der Waals surface area contributed by atoms with Crippen LogP contribution in [-0.2, 0) is 14.8 Å². The van der Waals surface area contributed by atoms with E-state index in [1.807, 2.05) is 7.05 Å². The van der Waals surface area contributed by atoms with E-state index in [4.69, 9.17) is 4.74 Å². The maximum Gasteiger partial charge on any atom is 0.337 e. The molecule has 9 nitrogen and oxygen atoms in total. The van der Waals surface area contributed by atoms with Crippen LogP contribution < -0.4 is 10.1 Å². The number of benzene rings is 2. The Hall–Kier alpha value is -2.95. The Kier molecular flexibility index (Phi) is 6.94. The predicted octanol–water partition coefficient (Wildman–Crippen LogP) is 1.67. The molecule has 0 aliphatic carbocycles. The summed E-state index contributed by atoms with van der Waals surface area (Å²) < 4.78 is 37.4. The number of likely N-dealkylation sites (N-methyl/N-ethyl adjacent to an activating group) is 1. The first-order chi connectivity index (χ1) is 14.8. The van der Waals surface area contributed by atoms with Crippen molar-refractivity contribution in [3.63, 3.8) is 0 Å². The molecule has 1 heterocycles. The molecule has 1 aliphatic heterocycles. The van der Waals surface area contributed by atoms with Gasteiger partial charge in [0.2, 0.25) is 10.0 Å². The van der Waals surface area contributed by atoms with Crippen LogP contribution in [0.25, 0.3) is 0 Å². The van der Waals surface area contributed by atoms with Crippen molar-refractivity contribution in [3.8, 4) is 5.75 Å². The molecule has 1 aliphatic rings. The summed E-state index contributed by atoms with van der Waals surface area (Å²) >= 11 is 0. The summed E-state index contributed by atoms with van der Waals surface area (Å²) in [4.78, 5) is 26.5. The number of carbonyl (C=O) groups excluding carboxylic acids is 2. The Balaban J connectivity index is 1.85. The smallest absolute Gasteiger partial charge is 0.337 e. The van der Waals surface area contributed by atoms with Crippen molar-refractivity contribution in [1.29, 1.82) is 0 Å². The molecular weight excluding hydrogens is 422 g/mol. The van der Waals surface area contributed by atoms with Crippen molar-refractivity contribution in [2.45, 2.75) is 4.90 Å². The van der Waals surface area contributed by atoms with Gasteiger partial charge < -0.3 is 19.7 Å². The Morgan fingerprint density at radius 1 is 0.968 bits per heavy atom. The fourth-order valence-electron chi connectivity index (χ4n) is 3.21. The summed E-state index contributed by atoms with van der Waals surface area (Å²) in [7, 11) is 0.898. The Labute approximate surface area is 181 Å². The summed E-state index contributed by atoms with van der Waals surface area (Å²) in [5.74, 6) is -0.763. The van der Waals surface area contributed by atoms with Crippen LogP contribution in [0.5, 0.6) is 5.75 Å². The molecule has 3 rings (SSSR count). The van der Waals surface area contributed by atoms with Crippen molar-refractivity contribution < 1.29 is 27.5 Å². The summed E-state index contributed by atoms with van der Waals surface area (Å²) in [5.41, 5.74) is 0.875. The molecule has 2 aromatic carbocycles. The minimum Gasteiger partial charge on any atom is -0.496 e. The topological polar surface area (TPSA) is 105 Å². The van der Waals surface area contributed by atoms with Crippen molar-refractivity contribution >= 4 is 27.6 Å². The molecule has 166 valence electrons. The fraction of sp³-hybridized carbons (Fsp3) is 0.333. The molecular formula is C21H25N3O6S. The monoisotopic (exact) mass is 447 g/mol. The van der Waals surface area contributed by atoms with E-state index in [0.29, 0.717) is 37.4 Å². The van der Waals surface area contributed by atoms with Gasteiger partial charge in [0.05, 0.1) is 30.2 Å². The van der Waals surface area contributed by atoms with Gasteiger partial charge in [0, 0.05) is 31.9 Å². The highest BCUT2D eigenvalue weighted by molar-refractivity contribution is 7.89. The molecule has 1 N–H and O–H groups in total. The number of piperazine rings is 1. The van der Waals surface area contributed by atoms with Crippen LogP contribution in [0, 0.1) is 0 Å². The van der Waals surface area contributed by atoms with E-state index in [0.717, 1.165) is 0 Å². The number of sulfonamides is 1. The molecule has 0 spiro atoms. The van der Waals surface area contributed by atoms with Gasteiger partial charge in [0.25, 0.3) is 5.91 Å². The van der Waals surface area contributed by atoms with Gasteiger partial charge in [0.15, 0.2) is 0 Å². The van der Waals surface area contributed by atoms with Crippen LogP contribution in [0.2, 0.25) is 0 Å². The number of amides is 1. The average Bonchev–Trinajstić information content (AvgIpc) is 2.78. The average molecular weight is 448 g/mol. The molecule has 0 unspecified atom stereocenters. The van der Waals surface area contributed by atoms with Gasteiger partial charge in [0.1, 0.15) is 5.75 Å². The van der Waals surface area contributed by atoms with Gasteiger partial charge >= 0.3 is 5.97 Å². The maximum atomic E-state index is 13.0. The number of methoxy groups -OCH3 is 2. The number of nitrogens with zero attached hydrogens (tertiary/aromatic N) is 2. The number of carbonyl (C=O) groups is 2. The molecule has 1 saturated heterocycles. The number of ether oxygens (including phenoxy) is 2. The molecule has 0 radical (unpaired) electrons. The van der Waals surface area contributed by atoms with Crippen LogP contribution in [0.1, 0.15) is 20.7 Å². The van der Waals surface area contributed by atoms with Crippen molar-refractivity contribution in [2.75, 3.05) is 52.8 Å². The summed E-state index contributed by atoms with van der Waals surface area (Å²) in [6, 6.07) is 10.4. The molecule has 1 fully saturated rings. The number of hydrogen-bond acceptors (Lipinski definition) is 7. The van der Waals surface area contributed by atoms with E-state index in [1.165, 1.54) is 48.9 Å². The number of nitrogens with one attached hydrogen (secondary N) is 1. The highest BCUT2D eigenvalue weighted by Crippen LogP contribution is 2.26. The highest BCUT2D eigenvalue weighted by Gasteiger charge is 2.29. The van der Waals surface area contributed by atoms with Gasteiger partial charge in [-0.1, -0.05) is 0 Å². The second-order valence-electron chi connectivity index (χ2n) is 7.09. The lowest BCUT2D eigenvalue weighted by molar-refractivity contribution is 0.0600. The first-order valence-corrected chi connectivity index (χ1v) is 11.1. The molecule has 31 heavy (non-hydrogen) atoms. The normalized spacial score (nSPS) is 15.3. The minimum absolute atomic E-state index is 0.0315. The van der Waals surface area contributed by atoms with Crippen LogP contribution in [0.4, 0.5) is 5.69 Å². The van der Waals surface area contributed by atoms with E-state index < -0.39 is 21.9 Å². The Morgan fingerprint density at radius 3 is 2.19 bits per heavy atom. The second kappa shape index (κ2) is 9.46. The lowest BCUT2D eigenvalue weighted by Gasteiger charge is -2.31. The second-order valence-corrected chi connectivity index (χ2v) is 9.03. The van der Waals surface area contributed by atoms with E-state index >= 15 is 0 Å². The third-order valence-electron chi connectivity index (χ3n) is 5.08. The molecule has 2 aromatic rings. The maximum absolute atomic E-state index is 13.0. The van der Waals surface area contributed by atoms with Gasteiger partial charge in [-0.3, -0.25) is 4.79 Å². The van der Waals surface area contributed by atoms with Gasteiger partial charge in [-0.25, -0.2) is 13.2 Å². The lowest BCUT2D eigenvalue weighted by Crippen LogP contribution is -2.47. The Bertz CT molecular complexity index is 1060. The zero-order valence-electron chi connectivity index (χ0n) is 17.6. The molecule has 10 heteroatoms. The minimum atomic E-state index is -3.74. The third kappa shape index (κ3) is 5.04. The quantitative estimate of drug-likeness (QED) is 0.672. The van der Waals surface area contributed by atoms with Crippen molar-refractivity contribution in [3.05, 3.63) is 53.6 Å². The highest BCUT2D eigenvalue weighted by atomic mass is 32.2. The zero-order chi connectivity index (χ0) is 22.6. The van der Waals surface area contributed by atoms with Crippen LogP contribution in [-0.4, -0.2) is 76.9 Å². The van der Waals surface area contributed by atoms with Crippen LogP contribution in [0.3, 0.4) is 0 Å². The third-order valence-corrected chi connectivity index (χ3v) is 6.97. The summed E-state index contributed by atoms with van der Waals surface area (Å²) in [5, 5.41) is 2.69. The SMILES string of the molecule is COC(=O)c1ccc(NC(=O)c2cc(S(=O)(=O)N3CCN(C)CC3)ccc2OC)cc1. The number of anilines is 1. The van der Waals surface area contributed by atoms with E-state index in [-0.39, 0.29) is 16.2 Å². The molecule has 0 saturated carbocycles. The van der Waals surface area contributed by atoms with Gasteiger partial charge in [-0.2, -0.15) is 4.31 Å². The number of esters is 1. The number of rotatable bonds is 6. The number of hydrogen-bond donors (Lipinski definition) is 1. The van der Waals surface area contributed by atoms with E-state index in [9.17, 15) is 18.0 Å². The van der Waals surface area contributed by atoms with Crippen molar-refractivity contribution in [2.24, 2.45) is 0 Å². The van der Waals surface area contributed by atoms with Crippen molar-refractivity contribution in [1.82, 2.24) is 9.21 Å². The standard InChI is InChI=1S/C21H25N3O6S/c1-23-10-12-24(13-11-23)31(27,28)17-8-9-19(29-2)18(14-17)20(25)22-16-6-4-15(5-7-16)21(26)30-3/h4-9,14H,10-13H2,1-3H3,(H,22,25). The molecule has 0 bridgehead atoms. The molecule has 0 atom stereocenters. The lowest BCUT2D eigenvalue weighted by atomic mass is 10.1. The van der Waals surface area contributed by atoms with E-state index in [1.54, 1.807) is 12.1 Å². The molecule has 0 aromatic heterocycles. The first-order valence-electron chi connectivity index (χ1n) is 9.62. The fourth-order valence-corrected chi connectivity index (χ4v) is 4.66. The van der Waals surface area contributed by atoms with Crippen LogP contribution >= 0.6 is 0 Å².